The van der Waals surface area contributed by atoms with Crippen LogP contribution in [0.3, 0.4) is 0 Å². The van der Waals surface area contributed by atoms with Crippen molar-refractivity contribution < 1.29 is 23.0 Å². The molecule has 1 aromatic rings. The minimum absolute atomic E-state index is 0.0724. The van der Waals surface area contributed by atoms with Crippen LogP contribution in [0.4, 0.5) is 0 Å². The summed E-state index contributed by atoms with van der Waals surface area (Å²) >= 11 is 0. The number of aliphatic hydroxyl groups is 1. The van der Waals surface area contributed by atoms with Gasteiger partial charge < -0.3 is 14.6 Å². The molecule has 2 aliphatic rings. The van der Waals surface area contributed by atoms with Crippen LogP contribution in [-0.2, 0) is 16.4 Å². The van der Waals surface area contributed by atoms with Crippen LogP contribution in [0.2, 0.25) is 0 Å². The first kappa shape index (κ1) is 19.4. The van der Waals surface area contributed by atoms with Gasteiger partial charge in [-0.2, -0.15) is 0 Å². The number of aliphatic hydroxyl groups excluding tert-OH is 1. The number of benzene rings is 1. The van der Waals surface area contributed by atoms with Crippen LogP contribution in [0.5, 0.6) is 11.5 Å². The largest absolute Gasteiger partial charge is 0.493 e. The van der Waals surface area contributed by atoms with Crippen LogP contribution in [-0.4, -0.2) is 87.4 Å². The minimum Gasteiger partial charge on any atom is -0.493 e. The lowest BCUT2D eigenvalue weighted by Gasteiger charge is -2.38. The third kappa shape index (κ3) is 4.14. The van der Waals surface area contributed by atoms with Gasteiger partial charge in [0.1, 0.15) is 0 Å². The molecule has 3 rings (SSSR count). The van der Waals surface area contributed by atoms with E-state index in [2.05, 4.69) is 16.7 Å². The van der Waals surface area contributed by atoms with Crippen molar-refractivity contribution in [2.45, 2.75) is 25.6 Å². The van der Waals surface area contributed by atoms with Crippen molar-refractivity contribution >= 4 is 9.84 Å². The van der Waals surface area contributed by atoms with E-state index < -0.39 is 15.9 Å². The van der Waals surface area contributed by atoms with E-state index in [9.17, 15) is 13.5 Å². The highest BCUT2D eigenvalue weighted by atomic mass is 32.2. The summed E-state index contributed by atoms with van der Waals surface area (Å²) in [5.74, 6) is 1.42. The molecule has 0 unspecified atom stereocenters. The summed E-state index contributed by atoms with van der Waals surface area (Å²) in [6, 6.07) is 3.75. The summed E-state index contributed by atoms with van der Waals surface area (Å²) in [5.41, 5.74) is 2.35. The van der Waals surface area contributed by atoms with E-state index >= 15 is 0 Å². The highest BCUT2D eigenvalue weighted by Gasteiger charge is 2.40. The maximum atomic E-state index is 11.7. The standard InChI is InChI=1S/C18H28N2O5S/c1-13-8-17(24-2)18(25-3)9-14(13)10-19-4-6-20(7-5-19)15-11-26(22,23)12-16(15)21/h8-9,15-16,21H,4-7,10-12H2,1-3H3/t15-,16+/m1/s1. The van der Waals surface area contributed by atoms with Crippen LogP contribution in [0.25, 0.3) is 0 Å². The molecule has 1 aromatic carbocycles. The lowest BCUT2D eigenvalue weighted by Crippen LogP contribution is -2.53. The fourth-order valence-corrected chi connectivity index (χ4v) is 5.68. The van der Waals surface area contributed by atoms with E-state index in [0.717, 1.165) is 49.8 Å². The van der Waals surface area contributed by atoms with E-state index in [-0.39, 0.29) is 17.5 Å². The lowest BCUT2D eigenvalue weighted by atomic mass is 10.1. The molecule has 7 nitrogen and oxygen atoms in total. The first-order valence-electron chi connectivity index (χ1n) is 8.89. The number of ether oxygens (including phenoxy) is 2. The third-order valence-electron chi connectivity index (χ3n) is 5.41. The zero-order chi connectivity index (χ0) is 18.9. The quantitative estimate of drug-likeness (QED) is 0.782. The van der Waals surface area contributed by atoms with E-state index in [0.29, 0.717) is 0 Å². The van der Waals surface area contributed by atoms with E-state index in [1.807, 2.05) is 12.1 Å². The molecule has 2 atom stereocenters. The van der Waals surface area contributed by atoms with Crippen LogP contribution < -0.4 is 9.47 Å². The molecule has 146 valence electrons. The molecule has 1 N–H and O–H groups in total. The van der Waals surface area contributed by atoms with Gasteiger partial charge in [0, 0.05) is 32.7 Å². The molecule has 2 aliphatic heterocycles. The fraction of sp³-hybridized carbons (Fsp3) is 0.667. The maximum absolute atomic E-state index is 11.7. The number of hydrogen-bond donors (Lipinski definition) is 1. The molecule has 0 radical (unpaired) electrons. The van der Waals surface area contributed by atoms with Crippen molar-refractivity contribution in [3.63, 3.8) is 0 Å². The summed E-state index contributed by atoms with van der Waals surface area (Å²) in [6.45, 7) is 6.10. The number of rotatable bonds is 5. The Kier molecular flexibility index (Phi) is 5.76. The van der Waals surface area contributed by atoms with Gasteiger partial charge in [-0.05, 0) is 30.2 Å². The Morgan fingerprint density at radius 1 is 1.08 bits per heavy atom. The predicted molar refractivity (Wildman–Crippen MR) is 99.6 cm³/mol. The van der Waals surface area contributed by atoms with Crippen molar-refractivity contribution in [2.75, 3.05) is 51.9 Å². The highest BCUT2D eigenvalue weighted by Crippen LogP contribution is 2.31. The average molecular weight is 384 g/mol. The first-order valence-corrected chi connectivity index (χ1v) is 10.7. The average Bonchev–Trinajstić information content (AvgIpc) is 2.89. The number of hydrogen-bond acceptors (Lipinski definition) is 7. The number of sulfone groups is 1. The molecule has 0 spiro atoms. The topological polar surface area (TPSA) is 79.3 Å². The Morgan fingerprint density at radius 2 is 1.69 bits per heavy atom. The SMILES string of the molecule is COc1cc(C)c(CN2CCN([C@@H]3CS(=O)(=O)C[C@@H]3O)CC2)cc1OC. The van der Waals surface area contributed by atoms with Gasteiger partial charge in [-0.25, -0.2) is 8.42 Å². The predicted octanol–water partition coefficient (Wildman–Crippen LogP) is 0.288. The van der Waals surface area contributed by atoms with Crippen LogP contribution in [0, 0.1) is 6.92 Å². The molecule has 0 bridgehead atoms. The molecule has 26 heavy (non-hydrogen) atoms. The number of methoxy groups -OCH3 is 2. The summed E-state index contributed by atoms with van der Waals surface area (Å²) in [6.07, 6.45) is -0.764. The third-order valence-corrected chi connectivity index (χ3v) is 7.10. The summed E-state index contributed by atoms with van der Waals surface area (Å²) in [4.78, 5) is 4.47. The van der Waals surface area contributed by atoms with E-state index in [4.69, 9.17) is 9.47 Å². The van der Waals surface area contributed by atoms with Crippen molar-refractivity contribution in [2.24, 2.45) is 0 Å². The number of aryl methyl sites for hydroxylation is 1. The zero-order valence-electron chi connectivity index (χ0n) is 15.6. The number of nitrogens with zero attached hydrogens (tertiary/aromatic N) is 2. The molecule has 0 amide bonds. The molecule has 0 aliphatic carbocycles. The Balaban J connectivity index is 1.61. The Hall–Kier alpha value is -1.35. The Labute approximate surface area is 155 Å². The normalized spacial score (nSPS) is 26.8. The maximum Gasteiger partial charge on any atom is 0.161 e. The smallest absolute Gasteiger partial charge is 0.161 e. The van der Waals surface area contributed by atoms with E-state index in [1.54, 1.807) is 14.2 Å². The van der Waals surface area contributed by atoms with Gasteiger partial charge in [0.15, 0.2) is 21.3 Å². The van der Waals surface area contributed by atoms with Crippen LogP contribution in [0.1, 0.15) is 11.1 Å². The van der Waals surface area contributed by atoms with Crippen LogP contribution in [0.15, 0.2) is 12.1 Å². The molecule has 0 aromatic heterocycles. The second-order valence-electron chi connectivity index (χ2n) is 7.16. The van der Waals surface area contributed by atoms with Gasteiger partial charge in [0.2, 0.25) is 0 Å². The molecule has 2 heterocycles. The van der Waals surface area contributed by atoms with Gasteiger partial charge in [-0.3, -0.25) is 9.80 Å². The molecular formula is C18H28N2O5S. The van der Waals surface area contributed by atoms with Gasteiger partial charge in [-0.1, -0.05) is 0 Å². The Morgan fingerprint density at radius 3 is 2.23 bits per heavy atom. The van der Waals surface area contributed by atoms with Gasteiger partial charge in [0.05, 0.1) is 37.9 Å². The second-order valence-corrected chi connectivity index (χ2v) is 9.31. The van der Waals surface area contributed by atoms with E-state index in [1.165, 1.54) is 5.56 Å². The zero-order valence-corrected chi connectivity index (χ0v) is 16.5. The van der Waals surface area contributed by atoms with Crippen LogP contribution >= 0.6 is 0 Å². The van der Waals surface area contributed by atoms with Crippen molar-refractivity contribution in [3.8, 4) is 11.5 Å². The summed E-state index contributed by atoms with van der Waals surface area (Å²) in [5, 5.41) is 10.1. The monoisotopic (exact) mass is 384 g/mol. The van der Waals surface area contributed by atoms with Crippen molar-refractivity contribution in [1.29, 1.82) is 0 Å². The fourth-order valence-electron chi connectivity index (χ4n) is 3.85. The minimum atomic E-state index is -3.11. The summed E-state index contributed by atoms with van der Waals surface area (Å²) < 4.78 is 34.2. The van der Waals surface area contributed by atoms with Gasteiger partial charge >= 0.3 is 0 Å². The molecular weight excluding hydrogens is 356 g/mol. The summed E-state index contributed by atoms with van der Waals surface area (Å²) in [7, 11) is 0.161. The molecule has 2 fully saturated rings. The first-order chi connectivity index (χ1) is 12.3. The Bertz CT molecular complexity index is 744. The highest BCUT2D eigenvalue weighted by molar-refractivity contribution is 7.91. The van der Waals surface area contributed by atoms with Crippen molar-refractivity contribution in [1.82, 2.24) is 9.80 Å². The van der Waals surface area contributed by atoms with Gasteiger partial charge in [0.25, 0.3) is 0 Å². The lowest BCUT2D eigenvalue weighted by molar-refractivity contribution is 0.0423. The van der Waals surface area contributed by atoms with Crippen molar-refractivity contribution in [3.05, 3.63) is 23.3 Å². The molecule has 2 saturated heterocycles. The molecule has 8 heteroatoms. The number of piperazine rings is 1. The second kappa shape index (κ2) is 7.72. The van der Waals surface area contributed by atoms with Gasteiger partial charge in [-0.15, -0.1) is 0 Å². The molecule has 0 saturated carbocycles.